The van der Waals surface area contributed by atoms with Crippen molar-refractivity contribution in [3.8, 4) is 0 Å². The molecule has 0 amide bonds. The van der Waals surface area contributed by atoms with Crippen LogP contribution in [-0.2, 0) is 9.47 Å². The molecular formula is C21H26NO2+. The van der Waals surface area contributed by atoms with Gasteiger partial charge in [0.2, 0.25) is 0 Å². The number of ether oxygens (including phenoxy) is 2. The largest absolute Gasteiger partial charge is 0.348 e. The molecule has 1 aliphatic carbocycles. The van der Waals surface area contributed by atoms with Crippen molar-refractivity contribution in [2.75, 3.05) is 13.2 Å². The second-order valence-electron chi connectivity index (χ2n) is 7.25. The van der Waals surface area contributed by atoms with E-state index in [2.05, 4.69) is 80.9 Å². The lowest BCUT2D eigenvalue weighted by atomic mass is 9.57. The predicted octanol–water partition coefficient (Wildman–Crippen LogP) is 3.82. The summed E-state index contributed by atoms with van der Waals surface area (Å²) in [5, 5.41) is 0. The molecule has 3 nitrogen and oxygen atoms in total. The Bertz CT molecular complexity index is 714. The SMILES string of the molecule is CCOC1(OCC)[C@H]2c3ccccc3[C@H]([n+]3ccccc32)C1(C)C. The van der Waals surface area contributed by atoms with E-state index in [-0.39, 0.29) is 17.4 Å². The maximum absolute atomic E-state index is 6.44. The first-order valence-corrected chi connectivity index (χ1v) is 8.95. The molecule has 2 aromatic rings. The van der Waals surface area contributed by atoms with Crippen LogP contribution in [0.4, 0.5) is 0 Å². The molecule has 2 aliphatic heterocycles. The molecule has 0 saturated carbocycles. The monoisotopic (exact) mass is 324 g/mol. The van der Waals surface area contributed by atoms with Crippen molar-refractivity contribution in [2.24, 2.45) is 5.41 Å². The topological polar surface area (TPSA) is 22.3 Å². The molecule has 1 aromatic carbocycles. The van der Waals surface area contributed by atoms with Gasteiger partial charge in [0.05, 0.1) is 5.41 Å². The molecule has 5 rings (SSSR count). The van der Waals surface area contributed by atoms with Crippen LogP contribution in [0.25, 0.3) is 0 Å². The van der Waals surface area contributed by atoms with Crippen molar-refractivity contribution in [1.29, 1.82) is 0 Å². The Morgan fingerprint density at radius 2 is 1.54 bits per heavy atom. The van der Waals surface area contributed by atoms with Crippen LogP contribution in [0.1, 0.15) is 56.5 Å². The van der Waals surface area contributed by atoms with E-state index in [0.717, 1.165) is 0 Å². The molecule has 3 heterocycles. The maximum Gasteiger partial charge on any atom is 0.196 e. The first kappa shape index (κ1) is 15.8. The number of benzene rings is 1. The highest BCUT2D eigenvalue weighted by atomic mass is 16.7. The lowest BCUT2D eigenvalue weighted by Gasteiger charge is -2.57. The Balaban J connectivity index is 2.07. The third kappa shape index (κ3) is 1.77. The second-order valence-corrected chi connectivity index (χ2v) is 7.25. The first-order chi connectivity index (χ1) is 11.6. The highest BCUT2D eigenvalue weighted by Crippen LogP contribution is 2.61. The second kappa shape index (κ2) is 5.40. The highest BCUT2D eigenvalue weighted by molar-refractivity contribution is 5.45. The van der Waals surface area contributed by atoms with Gasteiger partial charge >= 0.3 is 0 Å². The van der Waals surface area contributed by atoms with Crippen molar-refractivity contribution >= 4 is 0 Å². The summed E-state index contributed by atoms with van der Waals surface area (Å²) in [6.45, 7) is 9.97. The Labute approximate surface area is 144 Å². The quantitative estimate of drug-likeness (QED) is 0.630. The molecule has 0 unspecified atom stereocenters. The molecule has 24 heavy (non-hydrogen) atoms. The molecule has 2 atom stereocenters. The average molecular weight is 324 g/mol. The maximum atomic E-state index is 6.44. The number of hydrogen-bond acceptors (Lipinski definition) is 2. The number of fused-ring (bicyclic) bond motifs is 1. The van der Waals surface area contributed by atoms with E-state index in [9.17, 15) is 0 Å². The summed E-state index contributed by atoms with van der Waals surface area (Å²) in [4.78, 5) is 0. The third-order valence-corrected chi connectivity index (χ3v) is 5.78. The van der Waals surface area contributed by atoms with Gasteiger partial charge in [-0.25, -0.2) is 0 Å². The molecule has 2 bridgehead atoms. The van der Waals surface area contributed by atoms with Crippen LogP contribution in [0.2, 0.25) is 0 Å². The third-order valence-electron chi connectivity index (χ3n) is 5.78. The summed E-state index contributed by atoms with van der Waals surface area (Å²) in [6, 6.07) is 15.4. The van der Waals surface area contributed by atoms with Crippen LogP contribution in [0, 0.1) is 5.41 Å². The Kier molecular flexibility index (Phi) is 3.55. The molecule has 0 fully saturated rings. The van der Waals surface area contributed by atoms with E-state index in [1.165, 1.54) is 16.8 Å². The Morgan fingerprint density at radius 1 is 0.917 bits per heavy atom. The van der Waals surface area contributed by atoms with Crippen molar-refractivity contribution < 1.29 is 14.0 Å². The Morgan fingerprint density at radius 3 is 2.21 bits per heavy atom. The smallest absolute Gasteiger partial charge is 0.196 e. The van der Waals surface area contributed by atoms with Gasteiger partial charge in [-0.15, -0.1) is 0 Å². The zero-order valence-electron chi connectivity index (χ0n) is 15.0. The van der Waals surface area contributed by atoms with Gasteiger partial charge in [-0.3, -0.25) is 0 Å². The van der Waals surface area contributed by atoms with E-state index < -0.39 is 5.79 Å². The number of hydrogen-bond donors (Lipinski definition) is 0. The first-order valence-electron chi connectivity index (χ1n) is 8.95. The van der Waals surface area contributed by atoms with Crippen LogP contribution < -0.4 is 4.57 Å². The fraction of sp³-hybridized carbons (Fsp3) is 0.476. The van der Waals surface area contributed by atoms with Crippen LogP contribution in [0.3, 0.4) is 0 Å². The summed E-state index contributed by atoms with van der Waals surface area (Å²) in [6.07, 6.45) is 2.20. The average Bonchev–Trinajstić information content (AvgIpc) is 2.58. The fourth-order valence-corrected chi connectivity index (χ4v) is 4.99. The van der Waals surface area contributed by atoms with E-state index in [4.69, 9.17) is 9.47 Å². The summed E-state index contributed by atoms with van der Waals surface area (Å²) < 4.78 is 15.3. The molecule has 0 saturated heterocycles. The molecule has 1 aromatic heterocycles. The highest BCUT2D eigenvalue weighted by Gasteiger charge is 2.70. The van der Waals surface area contributed by atoms with Crippen molar-refractivity contribution in [1.82, 2.24) is 0 Å². The lowest BCUT2D eigenvalue weighted by Crippen LogP contribution is -2.71. The summed E-state index contributed by atoms with van der Waals surface area (Å²) in [7, 11) is 0. The van der Waals surface area contributed by atoms with Gasteiger partial charge < -0.3 is 9.47 Å². The van der Waals surface area contributed by atoms with Crippen LogP contribution in [0.15, 0.2) is 48.7 Å². The van der Waals surface area contributed by atoms with Crippen LogP contribution in [0.5, 0.6) is 0 Å². The van der Waals surface area contributed by atoms with Gasteiger partial charge in [0.1, 0.15) is 5.92 Å². The van der Waals surface area contributed by atoms with Crippen molar-refractivity contribution in [3.63, 3.8) is 0 Å². The summed E-state index contributed by atoms with van der Waals surface area (Å²) in [5.41, 5.74) is 3.83. The molecule has 0 spiro atoms. The predicted molar refractivity (Wildman–Crippen MR) is 92.8 cm³/mol. The zero-order valence-corrected chi connectivity index (χ0v) is 15.0. The minimum absolute atomic E-state index is 0.0785. The van der Waals surface area contributed by atoms with Gasteiger partial charge in [-0.1, -0.05) is 30.3 Å². The lowest BCUT2D eigenvalue weighted by molar-refractivity contribution is -0.755. The molecule has 0 N–H and O–H groups in total. The minimum Gasteiger partial charge on any atom is -0.348 e. The summed E-state index contributed by atoms with van der Waals surface area (Å²) >= 11 is 0. The molecular weight excluding hydrogens is 298 g/mol. The van der Waals surface area contributed by atoms with E-state index in [1.54, 1.807) is 0 Å². The van der Waals surface area contributed by atoms with E-state index >= 15 is 0 Å². The van der Waals surface area contributed by atoms with Gasteiger partial charge in [-0.2, -0.15) is 4.57 Å². The van der Waals surface area contributed by atoms with E-state index in [0.29, 0.717) is 13.2 Å². The number of aromatic nitrogens is 1. The zero-order chi connectivity index (χ0) is 16.9. The molecule has 0 radical (unpaired) electrons. The molecule has 3 heteroatoms. The molecule has 3 aliphatic rings. The number of rotatable bonds is 4. The van der Waals surface area contributed by atoms with Gasteiger partial charge in [-0.05, 0) is 33.3 Å². The van der Waals surface area contributed by atoms with Crippen LogP contribution >= 0.6 is 0 Å². The fourth-order valence-electron chi connectivity index (χ4n) is 4.99. The van der Waals surface area contributed by atoms with Crippen molar-refractivity contribution in [3.05, 3.63) is 65.5 Å². The Hall–Kier alpha value is -1.71. The van der Waals surface area contributed by atoms with Crippen LogP contribution in [-0.4, -0.2) is 19.0 Å². The van der Waals surface area contributed by atoms with Gasteiger partial charge in [0.25, 0.3) is 0 Å². The molecule has 126 valence electrons. The normalized spacial score (nSPS) is 25.2. The number of nitrogens with zero attached hydrogens (tertiary/aromatic N) is 1. The summed E-state index contributed by atoms with van der Waals surface area (Å²) in [5.74, 6) is -0.563. The van der Waals surface area contributed by atoms with Gasteiger partial charge in [0, 0.05) is 30.9 Å². The van der Waals surface area contributed by atoms with E-state index in [1.807, 2.05) is 0 Å². The standard InChI is InChI=1S/C21H26NO2/c1-5-23-21(24-6-2)18-15-11-7-8-12-16(15)19(20(21,3)4)22-14-10-9-13-17(18)22/h7-14,18-19H,5-6H2,1-4H3/q+1/t18-,19-/m0/s1. The van der Waals surface area contributed by atoms with Gasteiger partial charge in [0.15, 0.2) is 23.7 Å². The number of pyridine rings is 1. The minimum atomic E-state index is -0.642. The van der Waals surface area contributed by atoms with Crippen molar-refractivity contribution in [2.45, 2.75) is 45.4 Å².